The Morgan fingerprint density at radius 1 is 1.20 bits per heavy atom. The van der Waals surface area contributed by atoms with Crippen LogP contribution in [0.3, 0.4) is 0 Å². The molecule has 2 fully saturated rings. The van der Waals surface area contributed by atoms with Crippen LogP contribution in [0.5, 0.6) is 0 Å². The fourth-order valence-electron chi connectivity index (χ4n) is 3.95. The number of hydrogen-bond acceptors (Lipinski definition) is 4. The third-order valence-electron chi connectivity index (χ3n) is 5.25. The molecule has 0 radical (unpaired) electrons. The number of fused-ring (bicyclic) bond motifs is 2. The summed E-state index contributed by atoms with van der Waals surface area (Å²) in [5.74, 6) is -0.192. The lowest BCUT2D eigenvalue weighted by Gasteiger charge is -2.29. The number of carbonyl (C=O) groups excluding carboxylic acids is 1. The molecule has 0 saturated carbocycles. The fraction of sp³-hybridized carbons (Fsp3) is 0.611. The molecule has 0 aromatic heterocycles. The summed E-state index contributed by atoms with van der Waals surface area (Å²) in [5.41, 5.74) is 0.402. The molecular weight excluding hydrogens is 338 g/mol. The predicted octanol–water partition coefficient (Wildman–Crippen LogP) is 1.73. The lowest BCUT2D eigenvalue weighted by Crippen LogP contribution is -2.48. The second kappa shape index (κ2) is 7.43. The van der Waals surface area contributed by atoms with Gasteiger partial charge in [0.1, 0.15) is 0 Å². The number of benzene rings is 1. The lowest BCUT2D eigenvalue weighted by atomic mass is 9.99. The molecule has 2 heterocycles. The summed E-state index contributed by atoms with van der Waals surface area (Å²) in [5, 5.41) is 6.64. The Hall–Kier alpha value is -1.44. The van der Waals surface area contributed by atoms with E-state index in [2.05, 4.69) is 10.6 Å². The average molecular weight is 365 g/mol. The van der Waals surface area contributed by atoms with Crippen molar-refractivity contribution in [1.29, 1.82) is 0 Å². The van der Waals surface area contributed by atoms with Crippen molar-refractivity contribution in [1.82, 2.24) is 14.9 Å². The zero-order valence-electron chi connectivity index (χ0n) is 14.9. The first-order valence-corrected chi connectivity index (χ1v) is 10.5. The van der Waals surface area contributed by atoms with Crippen molar-refractivity contribution >= 4 is 15.9 Å². The van der Waals surface area contributed by atoms with Gasteiger partial charge in [-0.25, -0.2) is 8.42 Å². The first kappa shape index (κ1) is 18.4. The van der Waals surface area contributed by atoms with E-state index in [9.17, 15) is 13.2 Å². The maximum Gasteiger partial charge on any atom is 0.251 e. The maximum atomic E-state index is 12.6. The molecule has 6 nitrogen and oxygen atoms in total. The van der Waals surface area contributed by atoms with Gasteiger partial charge >= 0.3 is 0 Å². The fourth-order valence-corrected chi connectivity index (χ4v) is 5.46. The van der Waals surface area contributed by atoms with Gasteiger partial charge in [0.25, 0.3) is 5.91 Å². The summed E-state index contributed by atoms with van der Waals surface area (Å²) in [4.78, 5) is 12.8. The normalized spacial score (nSPS) is 26.0. The second-order valence-corrected chi connectivity index (χ2v) is 8.83. The molecule has 1 aromatic rings. The van der Waals surface area contributed by atoms with Crippen LogP contribution in [0.4, 0.5) is 0 Å². The molecule has 138 valence electrons. The number of carbonyl (C=O) groups is 1. The summed E-state index contributed by atoms with van der Waals surface area (Å²) in [6, 6.07) is 7.50. The molecule has 25 heavy (non-hydrogen) atoms. The van der Waals surface area contributed by atoms with E-state index in [1.54, 1.807) is 18.2 Å². The number of hydrogen-bond donors (Lipinski definition) is 2. The standard InChI is InChI=1S/C18H27N3O3S/c1-3-21(4-2)25(23,24)17-7-5-6-13(10-17)18(22)20-16-11-14-8-9-15(12-16)19-14/h5-7,10,14-16,19H,3-4,8-9,11-12H2,1-2H3,(H,20,22). The van der Waals surface area contributed by atoms with Crippen molar-refractivity contribution in [3.8, 4) is 0 Å². The molecule has 2 aliphatic rings. The summed E-state index contributed by atoms with van der Waals surface area (Å²) in [7, 11) is -3.55. The van der Waals surface area contributed by atoms with E-state index in [0.717, 1.165) is 12.8 Å². The average Bonchev–Trinajstić information content (AvgIpc) is 2.94. The Balaban J connectivity index is 1.73. The Labute approximate surface area is 150 Å². The van der Waals surface area contributed by atoms with Crippen molar-refractivity contribution < 1.29 is 13.2 Å². The number of nitrogens with zero attached hydrogens (tertiary/aromatic N) is 1. The molecule has 1 aromatic carbocycles. The maximum absolute atomic E-state index is 12.6. The van der Waals surface area contributed by atoms with Crippen LogP contribution in [-0.4, -0.2) is 49.8 Å². The Morgan fingerprint density at radius 2 is 1.84 bits per heavy atom. The SMILES string of the molecule is CCN(CC)S(=O)(=O)c1cccc(C(=O)NC2CC3CCC(C2)N3)c1. The molecule has 1 amide bonds. The zero-order valence-corrected chi connectivity index (χ0v) is 15.7. The van der Waals surface area contributed by atoms with Gasteiger partial charge in [0, 0.05) is 36.8 Å². The Kier molecular flexibility index (Phi) is 5.46. The number of piperidine rings is 1. The van der Waals surface area contributed by atoms with Crippen LogP contribution in [0.15, 0.2) is 29.2 Å². The second-order valence-electron chi connectivity index (χ2n) is 6.90. The molecule has 2 bridgehead atoms. The van der Waals surface area contributed by atoms with Gasteiger partial charge in [-0.3, -0.25) is 4.79 Å². The lowest BCUT2D eigenvalue weighted by molar-refractivity contribution is 0.0923. The number of nitrogens with one attached hydrogen (secondary N) is 2. The summed E-state index contributed by atoms with van der Waals surface area (Å²) < 4.78 is 26.7. The van der Waals surface area contributed by atoms with Crippen LogP contribution in [0.2, 0.25) is 0 Å². The van der Waals surface area contributed by atoms with Crippen LogP contribution in [0.25, 0.3) is 0 Å². The molecule has 2 atom stereocenters. The molecule has 2 unspecified atom stereocenters. The van der Waals surface area contributed by atoms with E-state index in [0.29, 0.717) is 30.7 Å². The molecule has 3 rings (SSSR count). The zero-order chi connectivity index (χ0) is 18.0. The molecule has 7 heteroatoms. The summed E-state index contributed by atoms with van der Waals surface area (Å²) in [6.07, 6.45) is 4.24. The minimum absolute atomic E-state index is 0.161. The number of sulfonamides is 1. The van der Waals surface area contributed by atoms with Gasteiger partial charge in [0.05, 0.1) is 4.90 Å². The van der Waals surface area contributed by atoms with Crippen LogP contribution in [0, 0.1) is 0 Å². The van der Waals surface area contributed by atoms with Gasteiger partial charge in [-0.2, -0.15) is 4.31 Å². The van der Waals surface area contributed by atoms with E-state index in [-0.39, 0.29) is 16.8 Å². The first-order chi connectivity index (χ1) is 11.9. The Morgan fingerprint density at radius 3 is 2.44 bits per heavy atom. The highest BCUT2D eigenvalue weighted by atomic mass is 32.2. The Bertz CT molecular complexity index is 719. The van der Waals surface area contributed by atoms with Gasteiger partial charge < -0.3 is 10.6 Å². The van der Waals surface area contributed by atoms with Crippen LogP contribution < -0.4 is 10.6 Å². The van der Waals surface area contributed by atoms with Crippen LogP contribution >= 0.6 is 0 Å². The molecular formula is C18H27N3O3S. The monoisotopic (exact) mass is 365 g/mol. The van der Waals surface area contributed by atoms with Gasteiger partial charge in [-0.1, -0.05) is 19.9 Å². The smallest absolute Gasteiger partial charge is 0.251 e. The summed E-state index contributed by atoms with van der Waals surface area (Å²) >= 11 is 0. The molecule has 2 N–H and O–H groups in total. The van der Waals surface area contributed by atoms with Crippen molar-refractivity contribution in [3.63, 3.8) is 0 Å². The van der Waals surface area contributed by atoms with E-state index in [1.807, 2.05) is 13.8 Å². The number of amides is 1. The third kappa shape index (κ3) is 3.88. The van der Waals surface area contributed by atoms with Gasteiger partial charge in [-0.15, -0.1) is 0 Å². The van der Waals surface area contributed by atoms with Crippen LogP contribution in [-0.2, 0) is 10.0 Å². The minimum Gasteiger partial charge on any atom is -0.349 e. The molecule has 0 spiro atoms. The molecule has 2 saturated heterocycles. The van der Waals surface area contributed by atoms with E-state index >= 15 is 0 Å². The first-order valence-electron chi connectivity index (χ1n) is 9.11. The highest BCUT2D eigenvalue weighted by Gasteiger charge is 2.34. The highest BCUT2D eigenvalue weighted by Crippen LogP contribution is 2.27. The van der Waals surface area contributed by atoms with Gasteiger partial charge in [0.15, 0.2) is 0 Å². The predicted molar refractivity (Wildman–Crippen MR) is 97.0 cm³/mol. The number of rotatable bonds is 6. The molecule has 0 aliphatic carbocycles. The van der Waals surface area contributed by atoms with Crippen molar-refractivity contribution in [2.75, 3.05) is 13.1 Å². The minimum atomic E-state index is -3.55. The quantitative estimate of drug-likeness (QED) is 0.805. The topological polar surface area (TPSA) is 78.5 Å². The van der Waals surface area contributed by atoms with Crippen molar-refractivity contribution in [2.45, 2.75) is 62.6 Å². The van der Waals surface area contributed by atoms with E-state index in [4.69, 9.17) is 0 Å². The van der Waals surface area contributed by atoms with Crippen LogP contribution in [0.1, 0.15) is 49.9 Å². The summed E-state index contributed by atoms with van der Waals surface area (Å²) in [6.45, 7) is 4.44. The highest BCUT2D eigenvalue weighted by molar-refractivity contribution is 7.89. The van der Waals surface area contributed by atoms with Gasteiger partial charge in [-0.05, 0) is 43.9 Å². The third-order valence-corrected chi connectivity index (χ3v) is 7.29. The van der Waals surface area contributed by atoms with E-state index < -0.39 is 10.0 Å². The largest absolute Gasteiger partial charge is 0.349 e. The van der Waals surface area contributed by atoms with Crippen molar-refractivity contribution in [3.05, 3.63) is 29.8 Å². The van der Waals surface area contributed by atoms with Crippen molar-refractivity contribution in [2.24, 2.45) is 0 Å². The van der Waals surface area contributed by atoms with Gasteiger partial charge in [0.2, 0.25) is 10.0 Å². The van der Waals surface area contributed by atoms with E-state index in [1.165, 1.54) is 23.2 Å². The molecule has 2 aliphatic heterocycles.